The van der Waals surface area contributed by atoms with Crippen molar-refractivity contribution in [2.75, 3.05) is 7.11 Å². The first kappa shape index (κ1) is 11.6. The van der Waals surface area contributed by atoms with Crippen LogP contribution in [0, 0.1) is 17.8 Å². The standard InChI is InChI=1S/C14H18N2O2/c1-18-13-7-9(15-8-16-13)6-12(17)14-10-4-2-3-5-11(10)14/h7-8,10-11,14H,2-6H2,1H3. The predicted molar refractivity (Wildman–Crippen MR) is 66.2 cm³/mol. The van der Waals surface area contributed by atoms with Gasteiger partial charge in [-0.25, -0.2) is 9.97 Å². The molecule has 18 heavy (non-hydrogen) atoms. The first-order chi connectivity index (χ1) is 8.79. The van der Waals surface area contributed by atoms with Crippen molar-refractivity contribution in [3.8, 4) is 5.88 Å². The third-order valence-electron chi connectivity index (χ3n) is 4.29. The third-order valence-corrected chi connectivity index (χ3v) is 4.29. The lowest BCUT2D eigenvalue weighted by Gasteiger charge is -2.04. The van der Waals surface area contributed by atoms with Gasteiger partial charge in [-0.05, 0) is 24.7 Å². The maximum Gasteiger partial charge on any atom is 0.216 e. The van der Waals surface area contributed by atoms with E-state index in [9.17, 15) is 4.79 Å². The Morgan fingerprint density at radius 3 is 2.72 bits per heavy atom. The second kappa shape index (κ2) is 4.67. The molecular formula is C14H18N2O2. The van der Waals surface area contributed by atoms with Crippen LogP contribution in [0.15, 0.2) is 12.4 Å². The summed E-state index contributed by atoms with van der Waals surface area (Å²) in [5.41, 5.74) is 0.774. The van der Waals surface area contributed by atoms with Gasteiger partial charge >= 0.3 is 0 Å². The second-order valence-electron chi connectivity index (χ2n) is 5.33. The minimum atomic E-state index is 0.313. The Morgan fingerprint density at radius 1 is 1.33 bits per heavy atom. The van der Waals surface area contributed by atoms with Crippen LogP contribution in [0.5, 0.6) is 5.88 Å². The Kier molecular flexibility index (Phi) is 3.02. The van der Waals surface area contributed by atoms with Gasteiger partial charge in [0.2, 0.25) is 5.88 Å². The zero-order chi connectivity index (χ0) is 12.5. The molecule has 2 unspecified atom stereocenters. The Balaban J connectivity index is 1.64. The zero-order valence-electron chi connectivity index (χ0n) is 10.6. The molecule has 0 bridgehead atoms. The Morgan fingerprint density at radius 2 is 2.06 bits per heavy atom. The smallest absolute Gasteiger partial charge is 0.216 e. The minimum absolute atomic E-state index is 0.313. The fourth-order valence-corrected chi connectivity index (χ4v) is 3.35. The van der Waals surface area contributed by atoms with E-state index in [0.717, 1.165) is 5.69 Å². The van der Waals surface area contributed by atoms with Crippen molar-refractivity contribution >= 4 is 5.78 Å². The van der Waals surface area contributed by atoms with E-state index < -0.39 is 0 Å². The highest BCUT2D eigenvalue weighted by molar-refractivity contribution is 5.86. The molecule has 2 fully saturated rings. The predicted octanol–water partition coefficient (Wildman–Crippen LogP) is 2.03. The molecular weight excluding hydrogens is 228 g/mol. The van der Waals surface area contributed by atoms with Gasteiger partial charge in [0.1, 0.15) is 12.1 Å². The summed E-state index contributed by atoms with van der Waals surface area (Å²) < 4.78 is 5.04. The molecule has 0 radical (unpaired) electrons. The number of ether oxygens (including phenoxy) is 1. The van der Waals surface area contributed by atoms with Gasteiger partial charge in [-0.15, -0.1) is 0 Å². The van der Waals surface area contributed by atoms with Gasteiger partial charge in [0.25, 0.3) is 0 Å². The summed E-state index contributed by atoms with van der Waals surface area (Å²) in [6.07, 6.45) is 6.97. The van der Waals surface area contributed by atoms with Gasteiger partial charge in [-0.3, -0.25) is 4.79 Å². The lowest BCUT2D eigenvalue weighted by Crippen LogP contribution is -2.09. The van der Waals surface area contributed by atoms with Gasteiger partial charge in [-0.1, -0.05) is 12.8 Å². The van der Waals surface area contributed by atoms with E-state index in [1.165, 1.54) is 32.0 Å². The molecule has 0 aliphatic heterocycles. The van der Waals surface area contributed by atoms with Crippen LogP contribution in [0.3, 0.4) is 0 Å². The van der Waals surface area contributed by atoms with E-state index in [2.05, 4.69) is 9.97 Å². The average molecular weight is 246 g/mol. The van der Waals surface area contributed by atoms with Crippen LogP contribution in [0.25, 0.3) is 0 Å². The molecule has 2 aliphatic carbocycles. The number of carbonyl (C=O) groups excluding carboxylic acids is 1. The number of ketones is 1. The number of Topliss-reactive ketones (excluding diaryl/α,β-unsaturated/α-hetero) is 1. The maximum absolute atomic E-state index is 12.2. The van der Waals surface area contributed by atoms with Crippen molar-refractivity contribution in [2.24, 2.45) is 17.8 Å². The van der Waals surface area contributed by atoms with Crippen LogP contribution >= 0.6 is 0 Å². The number of hydrogen-bond donors (Lipinski definition) is 0. The Hall–Kier alpha value is -1.45. The summed E-state index contributed by atoms with van der Waals surface area (Å²) in [5.74, 6) is 2.55. The summed E-state index contributed by atoms with van der Waals surface area (Å²) in [5, 5.41) is 0. The quantitative estimate of drug-likeness (QED) is 0.815. The molecule has 0 aromatic carbocycles. The van der Waals surface area contributed by atoms with Crippen molar-refractivity contribution in [2.45, 2.75) is 32.1 Å². The molecule has 1 aromatic heterocycles. The highest BCUT2D eigenvalue weighted by Crippen LogP contribution is 2.55. The summed E-state index contributed by atoms with van der Waals surface area (Å²) in [4.78, 5) is 20.3. The zero-order valence-corrected chi connectivity index (χ0v) is 10.6. The van der Waals surface area contributed by atoms with Crippen LogP contribution < -0.4 is 4.74 Å². The number of nitrogens with zero attached hydrogens (tertiary/aromatic N) is 2. The SMILES string of the molecule is COc1cc(CC(=O)C2C3CCCCC32)ncn1. The van der Waals surface area contributed by atoms with Gasteiger partial charge in [0.15, 0.2) is 0 Å². The van der Waals surface area contributed by atoms with E-state index in [1.54, 1.807) is 13.2 Å². The summed E-state index contributed by atoms with van der Waals surface area (Å²) in [6.45, 7) is 0. The van der Waals surface area contributed by atoms with Gasteiger partial charge in [-0.2, -0.15) is 0 Å². The molecule has 0 saturated heterocycles. The van der Waals surface area contributed by atoms with Crippen LogP contribution in [0.1, 0.15) is 31.4 Å². The summed E-state index contributed by atoms with van der Waals surface area (Å²) >= 11 is 0. The van der Waals surface area contributed by atoms with Crippen LogP contribution in [-0.4, -0.2) is 22.9 Å². The number of methoxy groups -OCH3 is 1. The first-order valence-electron chi connectivity index (χ1n) is 6.67. The fourth-order valence-electron chi connectivity index (χ4n) is 3.35. The summed E-state index contributed by atoms with van der Waals surface area (Å²) in [6, 6.07) is 1.75. The van der Waals surface area contributed by atoms with E-state index in [0.29, 0.717) is 35.8 Å². The van der Waals surface area contributed by atoms with E-state index in [1.807, 2.05) is 0 Å². The van der Waals surface area contributed by atoms with Crippen molar-refractivity contribution in [1.29, 1.82) is 0 Å². The van der Waals surface area contributed by atoms with Crippen LogP contribution in [-0.2, 0) is 11.2 Å². The van der Waals surface area contributed by atoms with E-state index in [-0.39, 0.29) is 0 Å². The number of carbonyl (C=O) groups is 1. The van der Waals surface area contributed by atoms with Crippen molar-refractivity contribution in [1.82, 2.24) is 9.97 Å². The first-order valence-corrected chi connectivity index (χ1v) is 6.67. The number of hydrogen-bond acceptors (Lipinski definition) is 4. The molecule has 0 N–H and O–H groups in total. The molecule has 96 valence electrons. The Bertz CT molecular complexity index is 449. The monoisotopic (exact) mass is 246 g/mol. The van der Waals surface area contributed by atoms with E-state index >= 15 is 0 Å². The lowest BCUT2D eigenvalue weighted by molar-refractivity contribution is -0.120. The van der Waals surface area contributed by atoms with Crippen molar-refractivity contribution in [3.05, 3.63) is 18.1 Å². The molecule has 4 heteroatoms. The van der Waals surface area contributed by atoms with Crippen LogP contribution in [0.2, 0.25) is 0 Å². The van der Waals surface area contributed by atoms with Gasteiger partial charge < -0.3 is 4.74 Å². The summed E-state index contributed by atoms with van der Waals surface area (Å²) in [7, 11) is 1.57. The van der Waals surface area contributed by atoms with Crippen LogP contribution in [0.4, 0.5) is 0 Å². The number of rotatable bonds is 4. The Labute approximate surface area is 107 Å². The molecule has 4 nitrogen and oxygen atoms in total. The molecule has 0 amide bonds. The number of aromatic nitrogens is 2. The van der Waals surface area contributed by atoms with Crippen molar-refractivity contribution in [3.63, 3.8) is 0 Å². The van der Waals surface area contributed by atoms with E-state index in [4.69, 9.17) is 4.74 Å². The van der Waals surface area contributed by atoms with Crippen molar-refractivity contribution < 1.29 is 9.53 Å². The molecule has 1 heterocycles. The maximum atomic E-state index is 12.2. The third kappa shape index (κ3) is 2.11. The average Bonchev–Trinajstić information content (AvgIpc) is 3.13. The topological polar surface area (TPSA) is 52.1 Å². The fraction of sp³-hybridized carbons (Fsp3) is 0.643. The highest BCUT2D eigenvalue weighted by atomic mass is 16.5. The molecule has 3 rings (SSSR count). The highest BCUT2D eigenvalue weighted by Gasteiger charge is 2.53. The molecule has 0 spiro atoms. The molecule has 1 aromatic rings. The normalized spacial score (nSPS) is 29.5. The number of fused-ring (bicyclic) bond motifs is 1. The largest absolute Gasteiger partial charge is 0.481 e. The lowest BCUT2D eigenvalue weighted by atomic mass is 10.0. The molecule has 2 aliphatic rings. The molecule has 2 atom stereocenters. The minimum Gasteiger partial charge on any atom is -0.481 e. The second-order valence-corrected chi connectivity index (χ2v) is 5.33. The molecule has 2 saturated carbocycles. The van der Waals surface area contributed by atoms with Gasteiger partial charge in [0, 0.05) is 18.4 Å². The van der Waals surface area contributed by atoms with Gasteiger partial charge in [0.05, 0.1) is 12.8 Å².